The van der Waals surface area contributed by atoms with Crippen LogP contribution in [0.2, 0.25) is 0 Å². The first kappa shape index (κ1) is 21.3. The number of ether oxygens (including phenoxy) is 1. The van der Waals surface area contributed by atoms with Gasteiger partial charge >= 0.3 is 0 Å². The molecule has 4 nitrogen and oxygen atoms in total. The van der Waals surface area contributed by atoms with Gasteiger partial charge in [0.25, 0.3) is 0 Å². The van der Waals surface area contributed by atoms with Gasteiger partial charge in [0.2, 0.25) is 0 Å². The summed E-state index contributed by atoms with van der Waals surface area (Å²) in [5, 5.41) is 7.27. The van der Waals surface area contributed by atoms with Crippen LogP contribution in [0.1, 0.15) is 54.8 Å². The molecule has 0 saturated carbocycles. The number of anilines is 2. The van der Waals surface area contributed by atoms with Crippen LogP contribution in [0.5, 0.6) is 5.75 Å². The van der Waals surface area contributed by atoms with Crippen molar-refractivity contribution in [1.82, 2.24) is 0 Å². The lowest BCUT2D eigenvalue weighted by Gasteiger charge is -2.30. The van der Waals surface area contributed by atoms with Gasteiger partial charge in [0, 0.05) is 17.7 Å². The van der Waals surface area contributed by atoms with Crippen molar-refractivity contribution in [1.29, 1.82) is 0 Å². The van der Waals surface area contributed by atoms with Gasteiger partial charge in [-0.1, -0.05) is 61.0 Å². The Labute approximate surface area is 195 Å². The Morgan fingerprint density at radius 1 is 0.909 bits per heavy atom. The van der Waals surface area contributed by atoms with E-state index in [1.54, 1.807) is 0 Å². The van der Waals surface area contributed by atoms with E-state index >= 15 is 0 Å². The molecule has 0 radical (unpaired) electrons. The average Bonchev–Trinajstić information content (AvgIpc) is 3.00. The number of nitrogens with one attached hydrogen (secondary N) is 2. The lowest BCUT2D eigenvalue weighted by Crippen LogP contribution is -2.26. The Morgan fingerprint density at radius 2 is 1.70 bits per heavy atom. The molecule has 168 valence electrons. The van der Waals surface area contributed by atoms with Gasteiger partial charge in [-0.05, 0) is 61.1 Å². The smallest absolute Gasteiger partial charge is 0.163 e. The van der Waals surface area contributed by atoms with Gasteiger partial charge in [0.15, 0.2) is 5.78 Å². The number of carbonyl (C=O) groups is 1. The maximum atomic E-state index is 13.6. The van der Waals surface area contributed by atoms with Crippen LogP contribution in [0, 0.1) is 6.92 Å². The molecule has 0 spiro atoms. The number of carbonyl (C=O) groups excluding carboxylic acids is 1. The molecule has 2 aliphatic rings. The molecule has 0 fully saturated rings. The summed E-state index contributed by atoms with van der Waals surface area (Å²) in [6, 6.07) is 24.7. The van der Waals surface area contributed by atoms with Crippen LogP contribution < -0.4 is 15.4 Å². The van der Waals surface area contributed by atoms with E-state index in [1.807, 2.05) is 24.3 Å². The first-order chi connectivity index (χ1) is 16.1. The number of aryl methyl sites for hydroxylation is 1. The Bertz CT molecular complexity index is 1200. The van der Waals surface area contributed by atoms with Crippen LogP contribution in [-0.2, 0) is 4.79 Å². The standard InChI is InChI=1S/C29H30N2O2/c1-3-15-33-23-13-11-20(12-14-23)22-17-26-28(27(32)18-22)29(21-8-6-7-19(2)16-21)31-25-10-5-4-9-24(25)30-26/h4-14,16,22,29-31H,3,15,17-18H2,1-2H3. The maximum Gasteiger partial charge on any atom is 0.163 e. The molecule has 5 rings (SSSR count). The zero-order valence-corrected chi connectivity index (χ0v) is 19.2. The van der Waals surface area contributed by atoms with Crippen molar-refractivity contribution in [2.75, 3.05) is 17.2 Å². The molecule has 0 bridgehead atoms. The van der Waals surface area contributed by atoms with Gasteiger partial charge in [0.1, 0.15) is 5.75 Å². The Morgan fingerprint density at radius 3 is 2.45 bits per heavy atom. The highest BCUT2D eigenvalue weighted by molar-refractivity contribution is 6.01. The summed E-state index contributed by atoms with van der Waals surface area (Å²) in [5.41, 5.74) is 7.39. The Hall–Kier alpha value is -3.53. The van der Waals surface area contributed by atoms with E-state index in [9.17, 15) is 4.79 Å². The summed E-state index contributed by atoms with van der Waals surface area (Å²) < 4.78 is 5.74. The Kier molecular flexibility index (Phi) is 5.91. The average molecular weight is 439 g/mol. The lowest BCUT2D eigenvalue weighted by atomic mass is 9.78. The summed E-state index contributed by atoms with van der Waals surface area (Å²) in [5.74, 6) is 1.23. The fourth-order valence-electron chi connectivity index (χ4n) is 4.88. The molecule has 3 aromatic rings. The van der Waals surface area contributed by atoms with E-state index < -0.39 is 0 Å². The highest BCUT2D eigenvalue weighted by Crippen LogP contribution is 2.44. The van der Waals surface area contributed by atoms with Crippen LogP contribution in [0.15, 0.2) is 84.1 Å². The van der Waals surface area contributed by atoms with Gasteiger partial charge in [-0.25, -0.2) is 0 Å². The number of Topliss-reactive ketones (excluding diaryl/α,β-unsaturated/α-hetero) is 1. The van der Waals surface area contributed by atoms with Crippen molar-refractivity contribution in [2.45, 2.75) is 45.1 Å². The molecule has 3 aromatic carbocycles. The third-order valence-electron chi connectivity index (χ3n) is 6.51. The van der Waals surface area contributed by atoms with Crippen molar-refractivity contribution in [2.24, 2.45) is 0 Å². The third-order valence-corrected chi connectivity index (χ3v) is 6.51. The minimum atomic E-state index is -0.172. The molecule has 1 aliphatic heterocycles. The fourth-order valence-corrected chi connectivity index (χ4v) is 4.88. The van der Waals surface area contributed by atoms with Crippen LogP contribution in [0.4, 0.5) is 11.4 Å². The van der Waals surface area contributed by atoms with E-state index in [-0.39, 0.29) is 17.7 Å². The topological polar surface area (TPSA) is 50.4 Å². The minimum Gasteiger partial charge on any atom is -0.494 e. The summed E-state index contributed by atoms with van der Waals surface area (Å²) in [6.45, 7) is 4.91. The van der Waals surface area contributed by atoms with E-state index in [1.165, 1.54) is 11.1 Å². The quantitative estimate of drug-likeness (QED) is 0.462. The largest absolute Gasteiger partial charge is 0.494 e. The predicted molar refractivity (Wildman–Crippen MR) is 134 cm³/mol. The van der Waals surface area contributed by atoms with Gasteiger partial charge in [-0.15, -0.1) is 0 Å². The molecule has 0 aromatic heterocycles. The highest BCUT2D eigenvalue weighted by Gasteiger charge is 2.36. The number of rotatable bonds is 5. The van der Waals surface area contributed by atoms with Gasteiger partial charge in [-0.2, -0.15) is 0 Å². The van der Waals surface area contributed by atoms with E-state index in [4.69, 9.17) is 4.74 Å². The van der Waals surface area contributed by atoms with Crippen molar-refractivity contribution in [3.63, 3.8) is 0 Å². The van der Waals surface area contributed by atoms with Crippen LogP contribution >= 0.6 is 0 Å². The molecule has 33 heavy (non-hydrogen) atoms. The molecular formula is C29H30N2O2. The summed E-state index contributed by atoms with van der Waals surface area (Å²) in [7, 11) is 0. The van der Waals surface area contributed by atoms with E-state index in [2.05, 4.69) is 73.0 Å². The van der Waals surface area contributed by atoms with Crippen LogP contribution in [-0.4, -0.2) is 12.4 Å². The first-order valence-electron chi connectivity index (χ1n) is 11.8. The SMILES string of the molecule is CCCOc1ccc(C2CC(=O)C3=C(C2)Nc2ccccc2NC3c2cccc(C)c2)cc1. The molecule has 2 N–H and O–H groups in total. The molecule has 2 unspecified atom stereocenters. The second kappa shape index (κ2) is 9.14. The molecule has 0 amide bonds. The van der Waals surface area contributed by atoms with Crippen LogP contribution in [0.3, 0.4) is 0 Å². The van der Waals surface area contributed by atoms with Gasteiger partial charge in [-0.3, -0.25) is 4.79 Å². The normalized spacial score (nSPS) is 19.6. The first-order valence-corrected chi connectivity index (χ1v) is 11.8. The second-order valence-corrected chi connectivity index (χ2v) is 9.00. The monoisotopic (exact) mass is 438 g/mol. The lowest BCUT2D eigenvalue weighted by molar-refractivity contribution is -0.116. The zero-order valence-electron chi connectivity index (χ0n) is 19.2. The van der Waals surface area contributed by atoms with Crippen molar-refractivity contribution >= 4 is 17.2 Å². The van der Waals surface area contributed by atoms with Crippen molar-refractivity contribution in [3.05, 3.63) is 101 Å². The minimum absolute atomic E-state index is 0.146. The summed E-state index contributed by atoms with van der Waals surface area (Å²) >= 11 is 0. The maximum absolute atomic E-state index is 13.6. The summed E-state index contributed by atoms with van der Waals surface area (Å²) in [6.07, 6.45) is 2.30. The van der Waals surface area contributed by atoms with Crippen molar-refractivity contribution < 1.29 is 9.53 Å². The fraction of sp³-hybridized carbons (Fsp3) is 0.276. The number of para-hydroxylation sites is 2. The third kappa shape index (κ3) is 4.38. The van der Waals surface area contributed by atoms with E-state index in [0.29, 0.717) is 13.0 Å². The molecule has 0 saturated heterocycles. The number of hydrogen-bond donors (Lipinski definition) is 2. The van der Waals surface area contributed by atoms with Gasteiger partial charge < -0.3 is 15.4 Å². The van der Waals surface area contributed by atoms with Gasteiger partial charge in [0.05, 0.1) is 24.0 Å². The zero-order chi connectivity index (χ0) is 22.8. The molecular weight excluding hydrogens is 408 g/mol. The predicted octanol–water partition coefficient (Wildman–Crippen LogP) is 6.76. The van der Waals surface area contributed by atoms with Crippen molar-refractivity contribution in [3.8, 4) is 5.75 Å². The highest BCUT2D eigenvalue weighted by atomic mass is 16.5. The number of benzene rings is 3. The second-order valence-electron chi connectivity index (χ2n) is 9.00. The van der Waals surface area contributed by atoms with Crippen LogP contribution in [0.25, 0.3) is 0 Å². The molecule has 1 heterocycles. The number of ketones is 1. The van der Waals surface area contributed by atoms with E-state index in [0.717, 1.165) is 46.8 Å². The molecule has 1 aliphatic carbocycles. The number of allylic oxidation sites excluding steroid dienone is 1. The number of fused-ring (bicyclic) bond motifs is 1. The molecule has 4 heteroatoms. The number of hydrogen-bond acceptors (Lipinski definition) is 4. The Balaban J connectivity index is 1.51. The summed E-state index contributed by atoms with van der Waals surface area (Å²) in [4.78, 5) is 13.6. The molecule has 2 atom stereocenters.